The van der Waals surface area contributed by atoms with Crippen molar-refractivity contribution in [1.29, 1.82) is 0 Å². The van der Waals surface area contributed by atoms with Gasteiger partial charge in [-0.15, -0.1) is 0 Å². The molecule has 3 heteroatoms. The van der Waals surface area contributed by atoms with Crippen molar-refractivity contribution < 1.29 is 13.9 Å². The topological polar surface area (TPSA) is 26.3 Å². The summed E-state index contributed by atoms with van der Waals surface area (Å²) < 4.78 is 17.7. The van der Waals surface area contributed by atoms with E-state index in [2.05, 4.69) is 0 Å². The number of rotatable bonds is 4. The van der Waals surface area contributed by atoms with Crippen LogP contribution in [0.5, 0.6) is 0 Å². The van der Waals surface area contributed by atoms with Crippen LogP contribution in [0.3, 0.4) is 0 Å². The molecule has 0 aromatic heterocycles. The normalized spacial score (nSPS) is 13.3. The van der Waals surface area contributed by atoms with E-state index in [4.69, 9.17) is 4.74 Å². The molecule has 0 aliphatic heterocycles. The Hall–Kier alpha value is -1.64. The number of ether oxygens (including phenoxy) is 1. The quantitative estimate of drug-likeness (QED) is 0.578. The predicted octanol–water partition coefficient (Wildman–Crippen LogP) is 3.03. The van der Waals surface area contributed by atoms with Gasteiger partial charge >= 0.3 is 5.97 Å². The Morgan fingerprint density at radius 1 is 1.44 bits per heavy atom. The van der Waals surface area contributed by atoms with E-state index < -0.39 is 12.1 Å². The van der Waals surface area contributed by atoms with E-state index in [0.717, 1.165) is 5.56 Å². The fraction of sp³-hybridized carbons (Fsp3) is 0.308. The molecule has 1 aromatic carbocycles. The Balaban J connectivity index is 2.45. The number of carbonyl (C=O) groups excluding carboxylic acids is 1. The first-order chi connectivity index (χ1) is 7.59. The fourth-order valence-corrected chi connectivity index (χ4v) is 1.07. The van der Waals surface area contributed by atoms with Crippen LogP contribution in [0.4, 0.5) is 4.39 Å². The van der Waals surface area contributed by atoms with Crippen molar-refractivity contribution in [2.75, 3.05) is 0 Å². The van der Waals surface area contributed by atoms with Gasteiger partial charge < -0.3 is 4.74 Å². The van der Waals surface area contributed by atoms with Crippen LogP contribution in [0, 0.1) is 0 Å². The Morgan fingerprint density at radius 2 is 2.06 bits per heavy atom. The van der Waals surface area contributed by atoms with E-state index in [1.807, 2.05) is 30.3 Å². The van der Waals surface area contributed by atoms with Crippen molar-refractivity contribution in [2.45, 2.75) is 26.6 Å². The van der Waals surface area contributed by atoms with Gasteiger partial charge in [-0.2, -0.15) is 0 Å². The molecule has 1 atom stereocenters. The molecule has 1 rings (SSSR count). The van der Waals surface area contributed by atoms with Gasteiger partial charge in [0.05, 0.1) is 0 Å². The Morgan fingerprint density at radius 3 is 2.62 bits per heavy atom. The summed E-state index contributed by atoms with van der Waals surface area (Å²) in [5, 5.41) is 0. The molecule has 2 nitrogen and oxygen atoms in total. The van der Waals surface area contributed by atoms with Gasteiger partial charge in [0.25, 0.3) is 0 Å². The zero-order valence-electron chi connectivity index (χ0n) is 9.44. The lowest BCUT2D eigenvalue weighted by Gasteiger charge is -2.04. The van der Waals surface area contributed by atoms with Crippen molar-refractivity contribution in [3.05, 3.63) is 47.5 Å². The largest absolute Gasteiger partial charge is 0.458 e. The molecule has 0 radical (unpaired) electrons. The van der Waals surface area contributed by atoms with Crippen molar-refractivity contribution in [1.82, 2.24) is 0 Å². The highest BCUT2D eigenvalue weighted by molar-refractivity contribution is 5.82. The summed E-state index contributed by atoms with van der Waals surface area (Å²) in [6.45, 7) is 3.16. The molecule has 0 fully saturated rings. The SMILES string of the molecule is CC(=CC(=O)OCc1ccccc1)C(C)F. The summed E-state index contributed by atoms with van der Waals surface area (Å²) in [5.41, 5.74) is 1.29. The lowest BCUT2D eigenvalue weighted by Crippen LogP contribution is -2.04. The van der Waals surface area contributed by atoms with Gasteiger partial charge in [-0.05, 0) is 25.0 Å². The number of halogens is 1. The minimum absolute atomic E-state index is 0.212. The summed E-state index contributed by atoms with van der Waals surface area (Å²) >= 11 is 0. The van der Waals surface area contributed by atoms with Gasteiger partial charge in [0.15, 0.2) is 0 Å². The standard InChI is InChI=1S/C13H15FO2/c1-10(11(2)14)8-13(15)16-9-12-6-4-3-5-7-12/h3-8,11H,9H2,1-2H3. The number of esters is 1. The molecule has 1 aromatic rings. The average Bonchev–Trinajstić information content (AvgIpc) is 2.27. The highest BCUT2D eigenvalue weighted by Gasteiger charge is 2.05. The Bertz CT molecular complexity index is 369. The van der Waals surface area contributed by atoms with E-state index in [1.54, 1.807) is 6.92 Å². The number of alkyl halides is 1. The first kappa shape index (κ1) is 12.4. The monoisotopic (exact) mass is 222 g/mol. The van der Waals surface area contributed by atoms with Crippen molar-refractivity contribution >= 4 is 5.97 Å². The van der Waals surface area contributed by atoms with Gasteiger partial charge in [-0.1, -0.05) is 30.3 Å². The van der Waals surface area contributed by atoms with E-state index in [-0.39, 0.29) is 6.61 Å². The first-order valence-electron chi connectivity index (χ1n) is 5.12. The van der Waals surface area contributed by atoms with Crippen LogP contribution in [0.1, 0.15) is 19.4 Å². The van der Waals surface area contributed by atoms with Crippen LogP contribution in [-0.2, 0) is 16.1 Å². The molecule has 1 unspecified atom stereocenters. The highest BCUT2D eigenvalue weighted by atomic mass is 19.1. The maximum Gasteiger partial charge on any atom is 0.331 e. The third-order valence-corrected chi connectivity index (χ3v) is 2.20. The molecular weight excluding hydrogens is 207 g/mol. The van der Waals surface area contributed by atoms with Gasteiger partial charge in [0.1, 0.15) is 12.8 Å². The van der Waals surface area contributed by atoms with Crippen LogP contribution >= 0.6 is 0 Å². The molecule has 0 heterocycles. The molecule has 16 heavy (non-hydrogen) atoms. The zero-order valence-corrected chi connectivity index (χ0v) is 9.44. The maximum absolute atomic E-state index is 12.7. The lowest BCUT2D eigenvalue weighted by molar-refractivity contribution is -0.139. The summed E-state index contributed by atoms with van der Waals surface area (Å²) in [6, 6.07) is 9.35. The van der Waals surface area contributed by atoms with E-state index >= 15 is 0 Å². The van der Waals surface area contributed by atoms with Gasteiger partial charge in [-0.3, -0.25) is 0 Å². The van der Waals surface area contributed by atoms with Crippen LogP contribution in [0.15, 0.2) is 42.0 Å². The number of hydrogen-bond acceptors (Lipinski definition) is 2. The molecule has 0 amide bonds. The summed E-state index contributed by atoms with van der Waals surface area (Å²) in [4.78, 5) is 11.3. The third kappa shape index (κ3) is 4.26. The molecule has 0 saturated heterocycles. The number of carbonyl (C=O) groups is 1. The van der Waals surface area contributed by atoms with Gasteiger partial charge in [0.2, 0.25) is 0 Å². The summed E-state index contributed by atoms with van der Waals surface area (Å²) in [7, 11) is 0. The molecular formula is C13H15FO2. The molecule has 0 spiro atoms. The minimum atomic E-state index is -1.12. The number of benzene rings is 1. The van der Waals surface area contributed by atoms with Crippen LogP contribution in [0.2, 0.25) is 0 Å². The van der Waals surface area contributed by atoms with E-state index in [1.165, 1.54) is 13.0 Å². The number of allylic oxidation sites excluding steroid dienone is 1. The maximum atomic E-state index is 12.7. The highest BCUT2D eigenvalue weighted by Crippen LogP contribution is 2.06. The van der Waals surface area contributed by atoms with Gasteiger partial charge in [0, 0.05) is 6.08 Å². The fourth-order valence-electron chi connectivity index (χ4n) is 1.07. The van der Waals surface area contributed by atoms with Crippen LogP contribution in [0.25, 0.3) is 0 Å². The second-order valence-corrected chi connectivity index (χ2v) is 3.60. The van der Waals surface area contributed by atoms with E-state index in [0.29, 0.717) is 5.57 Å². The van der Waals surface area contributed by atoms with E-state index in [9.17, 15) is 9.18 Å². The first-order valence-corrected chi connectivity index (χ1v) is 5.12. The zero-order chi connectivity index (χ0) is 12.0. The summed E-state index contributed by atoms with van der Waals surface area (Å²) in [6.07, 6.45) is 0.0671. The van der Waals surface area contributed by atoms with Crippen molar-refractivity contribution in [2.24, 2.45) is 0 Å². The number of hydrogen-bond donors (Lipinski definition) is 0. The third-order valence-electron chi connectivity index (χ3n) is 2.20. The molecule has 0 aliphatic rings. The second kappa shape index (κ2) is 6.05. The molecule has 0 saturated carbocycles. The summed E-state index contributed by atoms with van der Waals surface area (Å²) in [5.74, 6) is -0.508. The average molecular weight is 222 g/mol. The van der Waals surface area contributed by atoms with Crippen molar-refractivity contribution in [3.8, 4) is 0 Å². The minimum Gasteiger partial charge on any atom is -0.458 e. The molecule has 0 aliphatic carbocycles. The smallest absolute Gasteiger partial charge is 0.331 e. The second-order valence-electron chi connectivity index (χ2n) is 3.60. The van der Waals surface area contributed by atoms with Crippen molar-refractivity contribution in [3.63, 3.8) is 0 Å². The predicted molar refractivity (Wildman–Crippen MR) is 60.6 cm³/mol. The van der Waals surface area contributed by atoms with Crippen LogP contribution in [-0.4, -0.2) is 12.1 Å². The Kier molecular flexibility index (Phi) is 4.70. The molecule has 0 bridgehead atoms. The van der Waals surface area contributed by atoms with Crippen LogP contribution < -0.4 is 0 Å². The molecule has 0 N–H and O–H groups in total. The molecule has 86 valence electrons. The Labute approximate surface area is 94.7 Å². The van der Waals surface area contributed by atoms with Gasteiger partial charge in [-0.25, -0.2) is 9.18 Å². The lowest BCUT2D eigenvalue weighted by atomic mass is 10.2.